The number of rotatable bonds is 4. The van der Waals surface area contributed by atoms with Crippen LogP contribution in [-0.2, 0) is 16.0 Å². The normalized spacial score (nSPS) is 19.7. The molecule has 2 aromatic rings. The van der Waals surface area contributed by atoms with Crippen LogP contribution in [0.5, 0.6) is 0 Å². The molecule has 2 aliphatic heterocycles. The van der Waals surface area contributed by atoms with E-state index < -0.39 is 5.60 Å². The van der Waals surface area contributed by atoms with E-state index in [2.05, 4.69) is 10.6 Å². The van der Waals surface area contributed by atoms with E-state index in [0.29, 0.717) is 13.1 Å². The summed E-state index contributed by atoms with van der Waals surface area (Å²) < 4.78 is 13.3. The van der Waals surface area contributed by atoms with Gasteiger partial charge >= 0.3 is 6.09 Å². The van der Waals surface area contributed by atoms with Crippen molar-refractivity contribution in [1.29, 1.82) is 0 Å². The molecule has 4 heterocycles. The molecule has 0 unspecified atom stereocenters. The maximum atomic E-state index is 12.3. The maximum absolute atomic E-state index is 12.3. The molecule has 2 fully saturated rings. The zero-order valence-electron chi connectivity index (χ0n) is 18.1. The first-order chi connectivity index (χ1) is 14.2. The molecule has 4 rings (SSSR count). The number of nitrogens with zero attached hydrogens (tertiary/aromatic N) is 3. The van der Waals surface area contributed by atoms with Gasteiger partial charge in [0.15, 0.2) is 5.78 Å². The lowest BCUT2D eigenvalue weighted by Gasteiger charge is -2.31. The highest BCUT2D eigenvalue weighted by atomic mass is 32.1. The summed E-state index contributed by atoms with van der Waals surface area (Å²) in [5.41, 5.74) is 1.66. The highest BCUT2D eigenvalue weighted by Crippen LogP contribution is 2.30. The number of aromatic nitrogens is 2. The summed E-state index contributed by atoms with van der Waals surface area (Å²) in [6.45, 7) is 10.1. The van der Waals surface area contributed by atoms with Crippen LogP contribution in [0.2, 0.25) is 0 Å². The Labute approximate surface area is 180 Å². The molecule has 7 nitrogen and oxygen atoms in total. The zero-order valence-corrected chi connectivity index (χ0v) is 18.9. The quantitative estimate of drug-likeness (QED) is 0.666. The number of Topliss-reactive ketones (excluding diaryl/α,β-unsaturated/α-hetero) is 1. The summed E-state index contributed by atoms with van der Waals surface area (Å²) in [5.74, 6) is 0.974. The van der Waals surface area contributed by atoms with Gasteiger partial charge in [-0.15, -0.1) is 11.3 Å². The van der Waals surface area contributed by atoms with Gasteiger partial charge in [0.25, 0.3) is 0 Å². The number of amides is 1. The second-order valence-electron chi connectivity index (χ2n) is 8.99. The molecule has 0 bridgehead atoms. The second-order valence-corrected chi connectivity index (χ2v) is 10.0. The lowest BCUT2D eigenvalue weighted by molar-refractivity contribution is -0.0587. The Morgan fingerprint density at radius 2 is 2.03 bits per heavy atom. The van der Waals surface area contributed by atoms with E-state index in [-0.39, 0.29) is 18.0 Å². The minimum absolute atomic E-state index is 0.0684. The van der Waals surface area contributed by atoms with E-state index in [9.17, 15) is 9.59 Å². The van der Waals surface area contributed by atoms with Crippen molar-refractivity contribution in [1.82, 2.24) is 14.5 Å². The Kier molecular flexibility index (Phi) is 5.72. The Balaban J connectivity index is 1.52. The van der Waals surface area contributed by atoms with Gasteiger partial charge in [0.1, 0.15) is 21.8 Å². The predicted octanol–water partition coefficient (Wildman–Crippen LogP) is 4.50. The summed E-state index contributed by atoms with van der Waals surface area (Å²) in [5, 5.41) is 0. The number of carbonyl (C=O) groups is 2. The van der Waals surface area contributed by atoms with Crippen LogP contribution in [0.4, 0.5) is 4.79 Å². The smallest absolute Gasteiger partial charge is 0.410 e. The third kappa shape index (κ3) is 4.59. The molecule has 0 spiro atoms. The summed E-state index contributed by atoms with van der Waals surface area (Å²) in [7, 11) is 0. The third-order valence-electron chi connectivity index (χ3n) is 5.37. The van der Waals surface area contributed by atoms with Gasteiger partial charge in [-0.05, 0) is 59.1 Å². The number of fused-ring (bicyclic) bond motifs is 1. The molecule has 2 aromatic heterocycles. The average Bonchev–Trinajstić information content (AvgIpc) is 3.16. The van der Waals surface area contributed by atoms with Crippen LogP contribution in [0.25, 0.3) is 16.4 Å². The molecule has 0 aromatic carbocycles. The number of piperidine rings is 1. The summed E-state index contributed by atoms with van der Waals surface area (Å²) in [6.07, 6.45) is 4.76. The van der Waals surface area contributed by atoms with Gasteiger partial charge in [0, 0.05) is 19.7 Å². The number of carbonyl (C=O) groups excluding carboxylic acids is 2. The lowest BCUT2D eigenvalue weighted by Crippen LogP contribution is -2.40. The minimum Gasteiger partial charge on any atom is -0.444 e. The summed E-state index contributed by atoms with van der Waals surface area (Å²) >= 11 is 1.50. The van der Waals surface area contributed by atoms with Crippen molar-refractivity contribution < 1.29 is 19.1 Å². The molecule has 0 radical (unpaired) electrons. The first kappa shape index (κ1) is 21.1. The molecular weight excluding hydrogens is 402 g/mol. The topological polar surface area (TPSA) is 73.7 Å². The number of thiophene rings is 1. The molecule has 0 aliphatic carbocycles. The monoisotopic (exact) mass is 431 g/mol. The van der Waals surface area contributed by atoms with Gasteiger partial charge in [0.2, 0.25) is 0 Å². The summed E-state index contributed by atoms with van der Waals surface area (Å²) in [6, 6.07) is 1.88. The second kappa shape index (κ2) is 8.15. The highest BCUT2D eigenvalue weighted by molar-refractivity contribution is 7.20. The Morgan fingerprint density at radius 3 is 2.60 bits per heavy atom. The molecule has 0 saturated carbocycles. The van der Waals surface area contributed by atoms with E-state index in [0.717, 1.165) is 53.5 Å². The molecule has 30 heavy (non-hydrogen) atoms. The van der Waals surface area contributed by atoms with Crippen molar-refractivity contribution in [3.63, 3.8) is 0 Å². The molecule has 1 atom stereocenters. The van der Waals surface area contributed by atoms with Crippen LogP contribution in [-0.4, -0.2) is 57.7 Å². The molecule has 0 N–H and O–H groups in total. The van der Waals surface area contributed by atoms with Crippen molar-refractivity contribution in [2.45, 2.75) is 65.2 Å². The zero-order chi connectivity index (χ0) is 21.5. The van der Waals surface area contributed by atoms with Gasteiger partial charge in [0.05, 0.1) is 17.5 Å². The number of hydrogen-bond acceptors (Lipinski definition) is 6. The molecular formula is C22H29N3O4S. The first-order valence-corrected chi connectivity index (χ1v) is 11.3. The van der Waals surface area contributed by atoms with Crippen LogP contribution in [0.3, 0.4) is 0 Å². The van der Waals surface area contributed by atoms with Crippen molar-refractivity contribution in [2.24, 2.45) is 0 Å². The van der Waals surface area contributed by atoms with Crippen LogP contribution in [0.15, 0.2) is 11.6 Å². The van der Waals surface area contributed by atoms with Crippen LogP contribution < -0.4 is 0 Å². The fourth-order valence-corrected chi connectivity index (χ4v) is 4.67. The van der Waals surface area contributed by atoms with Gasteiger partial charge < -0.3 is 18.9 Å². The largest absolute Gasteiger partial charge is 0.444 e. The molecule has 2 saturated heterocycles. The number of likely N-dealkylation sites (tertiary alicyclic amines) is 1. The number of ketones is 1. The van der Waals surface area contributed by atoms with Crippen LogP contribution >= 0.6 is 11.3 Å². The first-order valence-electron chi connectivity index (χ1n) is 10.5. The molecule has 8 heteroatoms. The fraction of sp³-hybridized carbons (Fsp3) is 0.591. The third-order valence-corrected chi connectivity index (χ3v) is 6.62. The van der Waals surface area contributed by atoms with Gasteiger partial charge in [-0.1, -0.05) is 5.57 Å². The van der Waals surface area contributed by atoms with Crippen molar-refractivity contribution >= 4 is 39.6 Å². The average molecular weight is 432 g/mol. The van der Waals surface area contributed by atoms with Gasteiger partial charge in [-0.25, -0.2) is 9.78 Å². The Hall–Kier alpha value is -2.19. The highest BCUT2D eigenvalue weighted by Gasteiger charge is 2.26. The van der Waals surface area contributed by atoms with E-state index >= 15 is 0 Å². The van der Waals surface area contributed by atoms with Crippen molar-refractivity contribution in [2.75, 3.05) is 19.7 Å². The maximum Gasteiger partial charge on any atom is 0.410 e. The molecule has 2 aliphatic rings. The van der Waals surface area contributed by atoms with E-state index in [1.54, 1.807) is 11.8 Å². The van der Waals surface area contributed by atoms with Crippen molar-refractivity contribution in [3.05, 3.63) is 22.3 Å². The van der Waals surface area contributed by atoms with E-state index in [1.807, 2.05) is 26.8 Å². The van der Waals surface area contributed by atoms with Crippen LogP contribution in [0, 0.1) is 0 Å². The SMILES string of the molecule is CC(=O)c1cc2nc(C=C3CCN(C(=O)OC(C)(C)C)CC3)n(C[C@@H]3CCO3)c2s1. The van der Waals surface area contributed by atoms with Crippen LogP contribution in [0.1, 0.15) is 62.5 Å². The number of ether oxygens (including phenoxy) is 2. The Morgan fingerprint density at radius 1 is 1.33 bits per heavy atom. The fourth-order valence-electron chi connectivity index (χ4n) is 3.66. The predicted molar refractivity (Wildman–Crippen MR) is 117 cm³/mol. The Bertz CT molecular complexity index is 984. The standard InChI is InChI=1S/C22H29N3O4S/c1-14(26)18-12-17-20(30-18)25(13-16-7-10-28-16)19(23-17)11-15-5-8-24(9-6-15)21(27)29-22(2,3)4/h11-12,16H,5-10,13H2,1-4H3/t16-/m0/s1. The van der Waals surface area contributed by atoms with E-state index in [4.69, 9.17) is 14.5 Å². The van der Waals surface area contributed by atoms with E-state index in [1.165, 1.54) is 16.9 Å². The summed E-state index contributed by atoms with van der Waals surface area (Å²) in [4.78, 5) is 32.4. The minimum atomic E-state index is -0.480. The van der Waals surface area contributed by atoms with Crippen molar-refractivity contribution in [3.8, 4) is 0 Å². The molecule has 1 amide bonds. The lowest BCUT2D eigenvalue weighted by atomic mass is 10.0. The van der Waals surface area contributed by atoms with Gasteiger partial charge in [-0.3, -0.25) is 4.79 Å². The number of imidazole rings is 1. The molecule has 162 valence electrons. The number of hydrogen-bond donors (Lipinski definition) is 0. The van der Waals surface area contributed by atoms with Gasteiger partial charge in [-0.2, -0.15) is 0 Å².